The van der Waals surface area contributed by atoms with Gasteiger partial charge in [-0.3, -0.25) is 0 Å². The van der Waals surface area contributed by atoms with Crippen molar-refractivity contribution in [2.45, 2.75) is 33.4 Å². The molecule has 7 heteroatoms. The number of rotatable bonds is 16. The minimum atomic E-state index is 0.589. The van der Waals surface area contributed by atoms with Crippen LogP contribution < -0.4 is 10.6 Å². The minimum Gasteiger partial charge on any atom is -0.382 e. The van der Waals surface area contributed by atoms with Crippen LogP contribution in [0.5, 0.6) is 0 Å². The number of ether oxygens (including phenoxy) is 4. The quantitative estimate of drug-likeness (QED) is 0.254. The number of guanidine groups is 1. The zero-order valence-corrected chi connectivity index (χ0v) is 17.7. The van der Waals surface area contributed by atoms with Gasteiger partial charge in [0, 0.05) is 33.4 Å². The Balaban J connectivity index is 2.36. The minimum absolute atomic E-state index is 0.589. The van der Waals surface area contributed by atoms with Crippen LogP contribution in [0.3, 0.4) is 0 Å². The molecule has 0 fully saturated rings. The summed E-state index contributed by atoms with van der Waals surface area (Å²) in [6, 6.07) is 8.34. The smallest absolute Gasteiger partial charge is 0.191 e. The first-order chi connectivity index (χ1) is 13.8. The molecule has 1 aromatic rings. The van der Waals surface area contributed by atoms with Crippen molar-refractivity contribution in [1.29, 1.82) is 0 Å². The van der Waals surface area contributed by atoms with E-state index in [9.17, 15) is 0 Å². The normalized spacial score (nSPS) is 11.6. The van der Waals surface area contributed by atoms with Crippen LogP contribution in [0.15, 0.2) is 29.3 Å². The third-order valence-corrected chi connectivity index (χ3v) is 3.79. The van der Waals surface area contributed by atoms with Gasteiger partial charge in [-0.25, -0.2) is 4.99 Å². The maximum Gasteiger partial charge on any atom is 0.191 e. The van der Waals surface area contributed by atoms with E-state index in [-0.39, 0.29) is 0 Å². The molecule has 0 aromatic heterocycles. The number of hydrogen-bond acceptors (Lipinski definition) is 5. The number of benzene rings is 1. The summed E-state index contributed by atoms with van der Waals surface area (Å²) in [6.45, 7) is 10.8. The molecule has 0 aliphatic carbocycles. The highest BCUT2D eigenvalue weighted by atomic mass is 16.5. The molecule has 0 bridgehead atoms. The van der Waals surface area contributed by atoms with Crippen molar-refractivity contribution < 1.29 is 18.9 Å². The van der Waals surface area contributed by atoms with Gasteiger partial charge in [0.05, 0.1) is 39.6 Å². The van der Waals surface area contributed by atoms with Crippen LogP contribution in [-0.2, 0) is 32.1 Å². The van der Waals surface area contributed by atoms with Crippen LogP contribution in [0.1, 0.15) is 31.4 Å². The van der Waals surface area contributed by atoms with Crippen molar-refractivity contribution in [2.75, 3.05) is 59.8 Å². The molecular weight excluding hydrogens is 358 g/mol. The highest BCUT2D eigenvalue weighted by molar-refractivity contribution is 5.79. The average molecular weight is 396 g/mol. The highest BCUT2D eigenvalue weighted by Crippen LogP contribution is 2.08. The zero-order chi connectivity index (χ0) is 20.3. The summed E-state index contributed by atoms with van der Waals surface area (Å²) in [7, 11) is 1.68. The first kappa shape index (κ1) is 24.4. The summed E-state index contributed by atoms with van der Waals surface area (Å²) in [5, 5.41) is 6.61. The maximum absolute atomic E-state index is 5.64. The predicted octanol–water partition coefficient (Wildman–Crippen LogP) is 2.35. The van der Waals surface area contributed by atoms with E-state index in [1.54, 1.807) is 7.11 Å². The molecule has 1 aromatic carbocycles. The van der Waals surface area contributed by atoms with Gasteiger partial charge >= 0.3 is 0 Å². The third-order valence-electron chi connectivity index (χ3n) is 3.79. The van der Waals surface area contributed by atoms with Crippen LogP contribution in [-0.4, -0.2) is 65.8 Å². The van der Waals surface area contributed by atoms with Gasteiger partial charge < -0.3 is 29.6 Å². The maximum atomic E-state index is 5.64. The van der Waals surface area contributed by atoms with Crippen molar-refractivity contribution in [1.82, 2.24) is 10.6 Å². The number of nitrogens with one attached hydrogen (secondary N) is 2. The molecule has 0 atom stereocenters. The van der Waals surface area contributed by atoms with Gasteiger partial charge in [-0.05, 0) is 31.4 Å². The summed E-state index contributed by atoms with van der Waals surface area (Å²) in [5.41, 5.74) is 2.31. The van der Waals surface area contributed by atoms with Crippen LogP contribution in [0.25, 0.3) is 0 Å². The monoisotopic (exact) mass is 395 g/mol. The standard InChI is InChI=1S/C21H37N3O4/c1-4-22-21(23-10-7-11-27-13-12-25-3)24-17-19-8-6-9-20(16-19)18-28-15-14-26-5-2/h6,8-9,16H,4-5,7,10-15,17-18H2,1-3H3,(H2,22,23,24). The van der Waals surface area contributed by atoms with E-state index in [1.807, 2.05) is 13.0 Å². The molecule has 2 N–H and O–H groups in total. The number of aliphatic imine (C=N–C) groups is 1. The largest absolute Gasteiger partial charge is 0.382 e. The van der Waals surface area contributed by atoms with Crippen molar-refractivity contribution in [2.24, 2.45) is 4.99 Å². The van der Waals surface area contributed by atoms with Crippen molar-refractivity contribution >= 4 is 5.96 Å². The van der Waals surface area contributed by atoms with Gasteiger partial charge in [0.15, 0.2) is 5.96 Å². The summed E-state index contributed by atoms with van der Waals surface area (Å²) in [4.78, 5) is 4.67. The summed E-state index contributed by atoms with van der Waals surface area (Å²) < 4.78 is 21.3. The van der Waals surface area contributed by atoms with Crippen LogP contribution >= 0.6 is 0 Å². The molecule has 0 unspecified atom stereocenters. The van der Waals surface area contributed by atoms with Crippen LogP contribution in [0.2, 0.25) is 0 Å². The van der Waals surface area contributed by atoms with E-state index >= 15 is 0 Å². The summed E-state index contributed by atoms with van der Waals surface area (Å²) in [6.07, 6.45) is 0.919. The molecule has 0 spiro atoms. The van der Waals surface area contributed by atoms with Crippen molar-refractivity contribution in [3.8, 4) is 0 Å². The van der Waals surface area contributed by atoms with Crippen molar-refractivity contribution in [3.05, 3.63) is 35.4 Å². The average Bonchev–Trinajstić information content (AvgIpc) is 2.71. The number of hydrogen-bond donors (Lipinski definition) is 2. The summed E-state index contributed by atoms with van der Waals surface area (Å²) in [5.74, 6) is 0.817. The lowest BCUT2D eigenvalue weighted by atomic mass is 10.1. The van der Waals surface area contributed by atoms with Crippen molar-refractivity contribution in [3.63, 3.8) is 0 Å². The highest BCUT2D eigenvalue weighted by Gasteiger charge is 2.00. The molecule has 0 aliphatic rings. The zero-order valence-electron chi connectivity index (χ0n) is 17.7. The molecule has 0 radical (unpaired) electrons. The molecule has 0 heterocycles. The van der Waals surface area contributed by atoms with E-state index in [0.29, 0.717) is 46.2 Å². The molecular formula is C21H37N3O4. The van der Waals surface area contributed by atoms with Crippen LogP contribution in [0, 0.1) is 0 Å². The Morgan fingerprint density at radius 1 is 0.929 bits per heavy atom. The fraction of sp³-hybridized carbons (Fsp3) is 0.667. The van der Waals surface area contributed by atoms with E-state index in [1.165, 1.54) is 0 Å². The Morgan fingerprint density at radius 3 is 2.50 bits per heavy atom. The lowest BCUT2D eigenvalue weighted by molar-refractivity contribution is 0.0453. The van der Waals surface area contributed by atoms with E-state index in [2.05, 4.69) is 40.7 Å². The molecule has 28 heavy (non-hydrogen) atoms. The Kier molecular flexibility index (Phi) is 15.2. The Bertz CT molecular complexity index is 526. The lowest BCUT2D eigenvalue weighted by Crippen LogP contribution is -2.38. The number of nitrogens with zero attached hydrogens (tertiary/aromatic N) is 1. The van der Waals surface area contributed by atoms with E-state index in [0.717, 1.165) is 43.2 Å². The summed E-state index contributed by atoms with van der Waals surface area (Å²) >= 11 is 0. The second-order valence-corrected chi connectivity index (χ2v) is 6.15. The molecule has 0 saturated heterocycles. The van der Waals surface area contributed by atoms with Gasteiger partial charge in [0.1, 0.15) is 0 Å². The predicted molar refractivity (Wildman–Crippen MR) is 113 cm³/mol. The number of methoxy groups -OCH3 is 1. The van der Waals surface area contributed by atoms with Gasteiger partial charge in [0.25, 0.3) is 0 Å². The first-order valence-corrected chi connectivity index (χ1v) is 10.1. The molecule has 1 rings (SSSR count). The van der Waals surface area contributed by atoms with E-state index in [4.69, 9.17) is 18.9 Å². The van der Waals surface area contributed by atoms with Gasteiger partial charge in [0.2, 0.25) is 0 Å². The van der Waals surface area contributed by atoms with Gasteiger partial charge in [-0.2, -0.15) is 0 Å². The Morgan fingerprint density at radius 2 is 1.71 bits per heavy atom. The SMILES string of the molecule is CCNC(=NCc1cccc(COCCOCC)c1)NCCCOCCOC. The fourth-order valence-corrected chi connectivity index (χ4v) is 2.41. The second-order valence-electron chi connectivity index (χ2n) is 6.15. The molecule has 0 saturated carbocycles. The van der Waals surface area contributed by atoms with Crippen LogP contribution in [0.4, 0.5) is 0 Å². The Labute approximate surface area is 169 Å². The van der Waals surface area contributed by atoms with E-state index < -0.39 is 0 Å². The fourth-order valence-electron chi connectivity index (χ4n) is 2.41. The van der Waals surface area contributed by atoms with Gasteiger partial charge in [-0.15, -0.1) is 0 Å². The Hall–Kier alpha value is -1.67. The first-order valence-electron chi connectivity index (χ1n) is 10.1. The molecule has 0 amide bonds. The second kappa shape index (κ2) is 17.4. The van der Waals surface area contributed by atoms with Gasteiger partial charge in [-0.1, -0.05) is 24.3 Å². The topological polar surface area (TPSA) is 73.3 Å². The molecule has 7 nitrogen and oxygen atoms in total. The third kappa shape index (κ3) is 12.7. The molecule has 0 aliphatic heterocycles. The lowest BCUT2D eigenvalue weighted by Gasteiger charge is -2.12. The molecule has 160 valence electrons.